The van der Waals surface area contributed by atoms with Crippen molar-refractivity contribution in [2.45, 2.75) is 43.6 Å². The molecule has 0 saturated heterocycles. The molecule has 35 heavy (non-hydrogen) atoms. The Morgan fingerprint density at radius 3 is 2.17 bits per heavy atom. The summed E-state index contributed by atoms with van der Waals surface area (Å²) in [6.07, 6.45) is 8.76. The second-order valence-electron chi connectivity index (χ2n) is 10.00. The van der Waals surface area contributed by atoms with Crippen LogP contribution in [0.1, 0.15) is 49.1 Å². The minimum atomic E-state index is -1.19. The van der Waals surface area contributed by atoms with Crippen LogP contribution in [0.2, 0.25) is 0 Å². The summed E-state index contributed by atoms with van der Waals surface area (Å²) < 4.78 is 5.68. The first-order chi connectivity index (χ1) is 16.9. The van der Waals surface area contributed by atoms with Gasteiger partial charge in [0, 0.05) is 5.92 Å². The Hall–Kier alpha value is -3.79. The van der Waals surface area contributed by atoms with Crippen LogP contribution < -0.4 is 5.32 Å². The van der Waals surface area contributed by atoms with Crippen LogP contribution in [0.25, 0.3) is 11.1 Å². The van der Waals surface area contributed by atoms with Crippen LogP contribution in [0.5, 0.6) is 0 Å². The van der Waals surface area contributed by atoms with Gasteiger partial charge in [0.2, 0.25) is 5.91 Å². The van der Waals surface area contributed by atoms with E-state index in [0.717, 1.165) is 46.4 Å². The molecule has 2 amide bonds. The van der Waals surface area contributed by atoms with Crippen molar-refractivity contribution in [3.63, 3.8) is 0 Å². The quantitative estimate of drug-likeness (QED) is 0.598. The summed E-state index contributed by atoms with van der Waals surface area (Å²) in [6, 6.07) is 16.2. The minimum Gasteiger partial charge on any atom is -0.480 e. The molecule has 0 unspecified atom stereocenters. The number of rotatable bonds is 7. The van der Waals surface area contributed by atoms with E-state index in [2.05, 4.69) is 23.4 Å². The zero-order valence-corrected chi connectivity index (χ0v) is 19.5. The lowest BCUT2D eigenvalue weighted by Gasteiger charge is -2.60. The van der Waals surface area contributed by atoms with Crippen LogP contribution >= 0.6 is 0 Å². The van der Waals surface area contributed by atoms with Crippen LogP contribution in [0.15, 0.2) is 48.5 Å². The molecule has 7 heteroatoms. The number of carboxylic acid groups (broad SMARTS) is 1. The number of carbonyl (C=O) groups excluding carboxylic acids is 2. The Kier molecular flexibility index (Phi) is 5.76. The van der Waals surface area contributed by atoms with E-state index in [1.807, 2.05) is 36.4 Å². The Bertz CT molecular complexity index is 1170. The Morgan fingerprint density at radius 1 is 1.06 bits per heavy atom. The minimum absolute atomic E-state index is 0.0390. The summed E-state index contributed by atoms with van der Waals surface area (Å²) in [6.45, 7) is -0.505. The van der Waals surface area contributed by atoms with Crippen molar-refractivity contribution in [2.24, 2.45) is 5.41 Å². The van der Waals surface area contributed by atoms with Crippen molar-refractivity contribution < 1.29 is 24.2 Å². The predicted molar refractivity (Wildman–Crippen MR) is 130 cm³/mol. The van der Waals surface area contributed by atoms with Gasteiger partial charge in [0.1, 0.15) is 18.7 Å². The molecule has 2 saturated carbocycles. The summed E-state index contributed by atoms with van der Waals surface area (Å²) in [5.74, 6) is 0.657. The molecule has 0 bridgehead atoms. The molecule has 0 atom stereocenters. The third kappa shape index (κ3) is 4.03. The number of fused-ring (bicyclic) bond motifs is 3. The number of ether oxygens (including phenoxy) is 1. The largest absolute Gasteiger partial charge is 0.480 e. The zero-order chi connectivity index (χ0) is 24.6. The number of carbonyl (C=O) groups is 3. The maximum atomic E-state index is 13.4. The van der Waals surface area contributed by atoms with Crippen LogP contribution in [-0.2, 0) is 14.3 Å². The first-order valence-electron chi connectivity index (χ1n) is 11.9. The van der Waals surface area contributed by atoms with Crippen molar-refractivity contribution in [3.05, 3.63) is 59.7 Å². The summed E-state index contributed by atoms with van der Waals surface area (Å²) in [5, 5.41) is 12.1. The van der Waals surface area contributed by atoms with Crippen LogP contribution in [-0.4, -0.2) is 53.2 Å². The van der Waals surface area contributed by atoms with E-state index < -0.39 is 30.1 Å². The lowest BCUT2D eigenvalue weighted by molar-refractivity contribution is -0.158. The molecule has 7 nitrogen and oxygen atoms in total. The number of carboxylic acids is 1. The Morgan fingerprint density at radius 2 is 1.66 bits per heavy atom. The van der Waals surface area contributed by atoms with Gasteiger partial charge in [-0.1, -0.05) is 60.9 Å². The summed E-state index contributed by atoms with van der Waals surface area (Å²) in [4.78, 5) is 38.9. The van der Waals surface area contributed by atoms with Gasteiger partial charge in [-0.05, 0) is 53.4 Å². The summed E-state index contributed by atoms with van der Waals surface area (Å²) in [5.41, 5.74) is 3.32. The third-order valence-electron chi connectivity index (χ3n) is 7.76. The first kappa shape index (κ1) is 23.0. The monoisotopic (exact) mass is 472 g/mol. The van der Waals surface area contributed by atoms with Crippen molar-refractivity contribution >= 4 is 18.0 Å². The van der Waals surface area contributed by atoms with E-state index in [1.165, 1.54) is 0 Å². The van der Waals surface area contributed by atoms with Gasteiger partial charge in [0.15, 0.2) is 0 Å². The van der Waals surface area contributed by atoms with Crippen LogP contribution in [0, 0.1) is 17.8 Å². The average molecular weight is 473 g/mol. The molecule has 2 fully saturated rings. The molecule has 2 N–H and O–H groups in total. The molecular formula is C28H28N2O5. The molecule has 2 aromatic rings. The first-order valence-corrected chi connectivity index (χ1v) is 11.9. The highest BCUT2D eigenvalue weighted by atomic mass is 16.5. The molecule has 2 aromatic carbocycles. The number of amides is 2. The third-order valence-corrected chi connectivity index (χ3v) is 7.76. The highest BCUT2D eigenvalue weighted by Gasteiger charge is 2.62. The van der Waals surface area contributed by atoms with Crippen molar-refractivity contribution in [3.8, 4) is 23.5 Å². The van der Waals surface area contributed by atoms with Crippen molar-refractivity contribution in [2.75, 3.05) is 19.7 Å². The molecule has 180 valence electrons. The lowest BCUT2D eigenvalue weighted by Crippen LogP contribution is -2.71. The molecule has 1 spiro atoms. The summed E-state index contributed by atoms with van der Waals surface area (Å²) in [7, 11) is 0. The average Bonchev–Trinajstić information content (AvgIpc) is 3.11. The maximum Gasteiger partial charge on any atom is 0.408 e. The van der Waals surface area contributed by atoms with Gasteiger partial charge in [0.05, 0.1) is 6.54 Å². The molecular weight excluding hydrogens is 444 g/mol. The highest BCUT2D eigenvalue weighted by molar-refractivity contribution is 5.93. The molecule has 0 aliphatic heterocycles. The maximum absolute atomic E-state index is 13.4. The fourth-order valence-corrected chi connectivity index (χ4v) is 6.16. The molecule has 0 radical (unpaired) electrons. The fourth-order valence-electron chi connectivity index (χ4n) is 6.16. The SMILES string of the molecule is C#CCN(CC(=O)O)C(=O)C1(NC(=O)OCC2c3ccccc3-c3ccccc32)CC2(CCC2)C1. The van der Waals surface area contributed by atoms with Gasteiger partial charge in [-0.3, -0.25) is 9.59 Å². The topological polar surface area (TPSA) is 95.9 Å². The zero-order valence-electron chi connectivity index (χ0n) is 19.5. The molecule has 3 aliphatic rings. The summed E-state index contributed by atoms with van der Waals surface area (Å²) >= 11 is 0. The van der Waals surface area contributed by atoms with Gasteiger partial charge in [-0.2, -0.15) is 0 Å². The molecule has 5 rings (SSSR count). The number of benzene rings is 2. The van der Waals surface area contributed by atoms with Crippen molar-refractivity contribution in [1.29, 1.82) is 0 Å². The van der Waals surface area contributed by atoms with Gasteiger partial charge in [0.25, 0.3) is 0 Å². The van der Waals surface area contributed by atoms with E-state index in [-0.39, 0.29) is 24.5 Å². The number of hydrogen-bond acceptors (Lipinski definition) is 4. The predicted octanol–water partition coefficient (Wildman–Crippen LogP) is 3.77. The van der Waals surface area contributed by atoms with Crippen molar-refractivity contribution in [1.82, 2.24) is 10.2 Å². The number of terminal acetylenes is 1. The lowest BCUT2D eigenvalue weighted by atomic mass is 9.48. The van der Waals surface area contributed by atoms with E-state index in [4.69, 9.17) is 11.2 Å². The molecule has 3 aliphatic carbocycles. The van der Waals surface area contributed by atoms with E-state index in [1.54, 1.807) is 0 Å². The number of aliphatic carboxylic acids is 1. The van der Waals surface area contributed by atoms with Gasteiger partial charge in [-0.25, -0.2) is 4.79 Å². The second kappa shape index (κ2) is 8.77. The van der Waals surface area contributed by atoms with Gasteiger partial charge >= 0.3 is 12.1 Å². The number of hydrogen-bond donors (Lipinski definition) is 2. The molecule has 0 heterocycles. The standard InChI is InChI=1S/C28H28N2O5/c1-2-14-30(15-24(31)32)25(33)28(17-27(18-28)12-7-13-27)29-26(34)35-16-23-21-10-5-3-8-19(21)20-9-4-6-11-22(20)23/h1,3-6,8-11,23H,7,12-18H2,(H,29,34)(H,31,32). The van der Waals surface area contributed by atoms with E-state index >= 15 is 0 Å². The van der Waals surface area contributed by atoms with Gasteiger partial charge in [-0.15, -0.1) is 6.42 Å². The Balaban J connectivity index is 1.31. The van der Waals surface area contributed by atoms with E-state index in [0.29, 0.717) is 12.8 Å². The smallest absolute Gasteiger partial charge is 0.408 e. The number of nitrogens with zero attached hydrogens (tertiary/aromatic N) is 1. The van der Waals surface area contributed by atoms with E-state index in [9.17, 15) is 19.5 Å². The normalized spacial score (nSPS) is 18.3. The fraction of sp³-hybridized carbons (Fsp3) is 0.393. The second-order valence-corrected chi connectivity index (χ2v) is 10.00. The number of nitrogens with one attached hydrogen (secondary N) is 1. The number of alkyl carbamates (subject to hydrolysis) is 1. The molecule has 0 aromatic heterocycles. The van der Waals surface area contributed by atoms with Gasteiger partial charge < -0.3 is 20.1 Å². The Labute approximate surface area is 204 Å². The van der Waals surface area contributed by atoms with Crippen LogP contribution in [0.4, 0.5) is 4.79 Å². The highest BCUT2D eigenvalue weighted by Crippen LogP contribution is 2.61. The van der Waals surface area contributed by atoms with Crippen LogP contribution in [0.3, 0.4) is 0 Å².